The highest BCUT2D eigenvalue weighted by Crippen LogP contribution is 2.14. The Balaban J connectivity index is 1.93. The van der Waals surface area contributed by atoms with Gasteiger partial charge in [0.25, 0.3) is 0 Å². The Kier molecular flexibility index (Phi) is 5.11. The van der Waals surface area contributed by atoms with Crippen LogP contribution in [0.4, 0.5) is 5.69 Å². The molecule has 0 saturated carbocycles. The fourth-order valence-corrected chi connectivity index (χ4v) is 2.37. The Hall–Kier alpha value is -2.14. The molecule has 2 amide bonds. The second-order valence-electron chi connectivity index (χ2n) is 4.62. The van der Waals surface area contributed by atoms with E-state index < -0.39 is 5.91 Å². The Morgan fingerprint density at radius 1 is 1.10 bits per heavy atom. The summed E-state index contributed by atoms with van der Waals surface area (Å²) in [6.07, 6.45) is 1.03. The van der Waals surface area contributed by atoms with Crippen LogP contribution in [0.15, 0.2) is 53.0 Å². The van der Waals surface area contributed by atoms with Gasteiger partial charge in [-0.15, -0.1) is 0 Å². The number of rotatable bonds is 5. The molecule has 0 aliphatic rings. The number of nitrogens with one attached hydrogen (secondary N) is 1. The molecule has 2 aromatic carbocycles. The predicted molar refractivity (Wildman–Crippen MR) is 86.1 cm³/mol. The number of nitrogens with two attached hydrogens (primary N) is 1. The lowest BCUT2D eigenvalue weighted by Crippen LogP contribution is -2.14. The first-order valence-electron chi connectivity index (χ1n) is 6.49. The zero-order valence-electron chi connectivity index (χ0n) is 11.3. The standard InChI is InChI=1S/C16H15BrN2O2/c17-13-5-1-3-11(9-13)7-8-15(20)19-14-6-2-4-12(10-14)16(18)21/h1-6,9-10H,7-8H2,(H2,18,21)(H,19,20). The minimum Gasteiger partial charge on any atom is -0.366 e. The maximum absolute atomic E-state index is 11.9. The molecule has 108 valence electrons. The number of aryl methyl sites for hydroxylation is 1. The second-order valence-corrected chi connectivity index (χ2v) is 5.54. The lowest BCUT2D eigenvalue weighted by Gasteiger charge is -2.06. The molecule has 0 saturated heterocycles. The highest BCUT2D eigenvalue weighted by molar-refractivity contribution is 9.10. The molecule has 4 nitrogen and oxygen atoms in total. The number of primary amides is 1. The maximum atomic E-state index is 11.9. The van der Waals surface area contributed by atoms with Gasteiger partial charge in [-0.1, -0.05) is 34.1 Å². The zero-order chi connectivity index (χ0) is 15.2. The molecule has 2 rings (SSSR count). The van der Waals surface area contributed by atoms with Crippen molar-refractivity contribution in [1.82, 2.24) is 0 Å². The largest absolute Gasteiger partial charge is 0.366 e. The van der Waals surface area contributed by atoms with Crippen LogP contribution >= 0.6 is 15.9 Å². The first kappa shape index (κ1) is 15.3. The average Bonchev–Trinajstić information content (AvgIpc) is 2.45. The van der Waals surface area contributed by atoms with Gasteiger partial charge < -0.3 is 11.1 Å². The van der Waals surface area contributed by atoms with Crippen LogP contribution in [-0.2, 0) is 11.2 Å². The number of hydrogen-bond donors (Lipinski definition) is 2. The molecular formula is C16H15BrN2O2. The van der Waals surface area contributed by atoms with Gasteiger partial charge in [0.15, 0.2) is 0 Å². The van der Waals surface area contributed by atoms with E-state index in [9.17, 15) is 9.59 Å². The summed E-state index contributed by atoms with van der Waals surface area (Å²) in [5, 5.41) is 2.76. The van der Waals surface area contributed by atoms with E-state index in [1.807, 2.05) is 24.3 Å². The average molecular weight is 347 g/mol. The molecule has 0 heterocycles. The van der Waals surface area contributed by atoms with E-state index in [1.54, 1.807) is 24.3 Å². The fraction of sp³-hybridized carbons (Fsp3) is 0.125. The van der Waals surface area contributed by atoms with Gasteiger partial charge in [0.1, 0.15) is 0 Å². The number of carbonyl (C=O) groups is 2. The summed E-state index contributed by atoms with van der Waals surface area (Å²) < 4.78 is 0.995. The zero-order valence-corrected chi connectivity index (χ0v) is 12.9. The Bertz CT molecular complexity index is 671. The summed E-state index contributed by atoms with van der Waals surface area (Å²) in [6, 6.07) is 14.4. The monoisotopic (exact) mass is 346 g/mol. The van der Waals surface area contributed by atoms with E-state index in [0.29, 0.717) is 24.1 Å². The van der Waals surface area contributed by atoms with Crippen LogP contribution in [-0.4, -0.2) is 11.8 Å². The molecule has 0 spiro atoms. The summed E-state index contributed by atoms with van der Waals surface area (Å²) in [5.41, 5.74) is 7.24. The van der Waals surface area contributed by atoms with Crippen LogP contribution in [0, 0.1) is 0 Å². The van der Waals surface area contributed by atoms with Gasteiger partial charge >= 0.3 is 0 Å². The molecule has 0 atom stereocenters. The Morgan fingerprint density at radius 3 is 2.57 bits per heavy atom. The van der Waals surface area contributed by atoms with Crippen LogP contribution in [0.2, 0.25) is 0 Å². The van der Waals surface area contributed by atoms with Crippen LogP contribution in [0.1, 0.15) is 22.3 Å². The molecule has 5 heteroatoms. The highest BCUT2D eigenvalue weighted by Gasteiger charge is 2.06. The van der Waals surface area contributed by atoms with Gasteiger partial charge in [0.05, 0.1) is 0 Å². The molecule has 0 aliphatic carbocycles. The molecule has 2 aromatic rings. The Morgan fingerprint density at radius 2 is 1.86 bits per heavy atom. The number of anilines is 1. The summed E-state index contributed by atoms with van der Waals surface area (Å²) in [4.78, 5) is 23.0. The van der Waals surface area contributed by atoms with Gasteiger partial charge in [0.2, 0.25) is 11.8 Å². The first-order valence-corrected chi connectivity index (χ1v) is 7.28. The van der Waals surface area contributed by atoms with Crippen molar-refractivity contribution in [2.24, 2.45) is 5.73 Å². The summed E-state index contributed by atoms with van der Waals surface area (Å²) in [5.74, 6) is -0.614. The van der Waals surface area contributed by atoms with Crippen molar-refractivity contribution in [3.63, 3.8) is 0 Å². The van der Waals surface area contributed by atoms with Gasteiger partial charge in [-0.25, -0.2) is 0 Å². The molecule has 3 N–H and O–H groups in total. The summed E-state index contributed by atoms with van der Waals surface area (Å²) in [6.45, 7) is 0. The number of carbonyl (C=O) groups excluding carboxylic acids is 2. The second kappa shape index (κ2) is 7.04. The molecule has 0 aromatic heterocycles. The fourth-order valence-electron chi connectivity index (χ4n) is 1.92. The van der Waals surface area contributed by atoms with E-state index >= 15 is 0 Å². The number of halogens is 1. The van der Waals surface area contributed by atoms with Crippen molar-refractivity contribution >= 4 is 33.4 Å². The van der Waals surface area contributed by atoms with Gasteiger partial charge in [-0.2, -0.15) is 0 Å². The third kappa shape index (κ3) is 4.72. The first-order chi connectivity index (χ1) is 10.0. The number of amides is 2. The topological polar surface area (TPSA) is 72.2 Å². The summed E-state index contributed by atoms with van der Waals surface area (Å²) in [7, 11) is 0. The molecule has 0 bridgehead atoms. The molecule has 0 aliphatic heterocycles. The normalized spacial score (nSPS) is 10.1. The van der Waals surface area contributed by atoms with E-state index in [4.69, 9.17) is 5.73 Å². The van der Waals surface area contributed by atoms with E-state index in [2.05, 4.69) is 21.2 Å². The molecule has 0 fully saturated rings. The van der Waals surface area contributed by atoms with Crippen LogP contribution < -0.4 is 11.1 Å². The van der Waals surface area contributed by atoms with Crippen LogP contribution in [0.25, 0.3) is 0 Å². The lowest BCUT2D eigenvalue weighted by molar-refractivity contribution is -0.116. The van der Waals surface area contributed by atoms with Crippen molar-refractivity contribution in [2.45, 2.75) is 12.8 Å². The van der Waals surface area contributed by atoms with E-state index in [1.165, 1.54) is 0 Å². The minimum atomic E-state index is -0.514. The molecule has 21 heavy (non-hydrogen) atoms. The van der Waals surface area contributed by atoms with Crippen molar-refractivity contribution < 1.29 is 9.59 Å². The molecule has 0 unspecified atom stereocenters. The molecule has 0 radical (unpaired) electrons. The van der Waals surface area contributed by atoms with Gasteiger partial charge in [0, 0.05) is 22.1 Å². The highest BCUT2D eigenvalue weighted by atomic mass is 79.9. The SMILES string of the molecule is NC(=O)c1cccc(NC(=O)CCc2cccc(Br)c2)c1. The minimum absolute atomic E-state index is 0.100. The quantitative estimate of drug-likeness (QED) is 0.872. The van der Waals surface area contributed by atoms with Crippen molar-refractivity contribution in [3.05, 3.63) is 64.1 Å². The molecular weight excluding hydrogens is 332 g/mol. The lowest BCUT2D eigenvalue weighted by atomic mass is 10.1. The summed E-state index contributed by atoms with van der Waals surface area (Å²) >= 11 is 3.40. The third-order valence-electron chi connectivity index (χ3n) is 2.96. The van der Waals surface area contributed by atoms with Crippen molar-refractivity contribution in [3.8, 4) is 0 Å². The van der Waals surface area contributed by atoms with Crippen LogP contribution in [0.5, 0.6) is 0 Å². The van der Waals surface area contributed by atoms with Crippen molar-refractivity contribution in [2.75, 3.05) is 5.32 Å². The van der Waals surface area contributed by atoms with Gasteiger partial charge in [-0.05, 0) is 42.3 Å². The Labute approximate surface area is 131 Å². The number of hydrogen-bond acceptors (Lipinski definition) is 2. The van der Waals surface area contributed by atoms with E-state index in [0.717, 1.165) is 10.0 Å². The third-order valence-corrected chi connectivity index (χ3v) is 3.45. The van der Waals surface area contributed by atoms with Gasteiger partial charge in [-0.3, -0.25) is 9.59 Å². The van der Waals surface area contributed by atoms with Crippen LogP contribution in [0.3, 0.4) is 0 Å². The smallest absolute Gasteiger partial charge is 0.248 e. The van der Waals surface area contributed by atoms with Crippen molar-refractivity contribution in [1.29, 1.82) is 0 Å². The predicted octanol–water partition coefficient (Wildman–Crippen LogP) is 3.12. The van der Waals surface area contributed by atoms with E-state index in [-0.39, 0.29) is 5.91 Å². The maximum Gasteiger partial charge on any atom is 0.248 e. The number of benzene rings is 2.